The molecule has 0 aliphatic heterocycles. The van der Waals surface area contributed by atoms with Gasteiger partial charge < -0.3 is 28.6 Å². The molecule has 0 saturated carbocycles. The number of unbranched alkanes of at least 4 members (excludes halogenated alkanes) is 1. The van der Waals surface area contributed by atoms with Crippen LogP contribution < -0.4 is 0 Å². The molecule has 0 unspecified atom stereocenters. The second kappa shape index (κ2) is 42.5. The number of aliphatic hydroxyl groups excluding tert-OH is 2. The van der Waals surface area contributed by atoms with Crippen molar-refractivity contribution in [2.75, 3.05) is 122 Å². The number of nitrogens with zero attached hydrogens (tertiary/aromatic N) is 2. The Morgan fingerprint density at radius 2 is 1.03 bits per heavy atom. The molecule has 0 fully saturated rings. The standard InChI is InChI=1S/C15H34N2O4S.C2H6O2S.2C2H6O/c1-20-14-4-3-6-16(10-12-18)8-9-17(11-13-19)7-5-15-22-21-2;1-3-5-4-2;2*1-3-2/h18-19H,3-15H2,1-2H3;1-2H3;2*1-2H3. The maximum atomic E-state index is 9.17. The summed E-state index contributed by atoms with van der Waals surface area (Å²) in [4.78, 5) is 4.56. The molecule has 33 heavy (non-hydrogen) atoms. The van der Waals surface area contributed by atoms with Gasteiger partial charge in [-0.25, -0.2) is 0 Å². The van der Waals surface area contributed by atoms with Gasteiger partial charge >= 0.3 is 0 Å². The highest BCUT2D eigenvalue weighted by molar-refractivity contribution is 7.94. The average molecular weight is 525 g/mol. The molecule has 2 N–H and O–H groups in total. The largest absolute Gasteiger partial charge is 0.395 e. The molecule has 0 aromatic carbocycles. The van der Waals surface area contributed by atoms with Crippen molar-refractivity contribution in [2.45, 2.75) is 19.3 Å². The van der Waals surface area contributed by atoms with Crippen LogP contribution >= 0.6 is 24.4 Å². The minimum atomic E-state index is 0.186. The van der Waals surface area contributed by atoms with Crippen LogP contribution in [-0.4, -0.2) is 142 Å². The minimum Gasteiger partial charge on any atom is -0.395 e. The normalized spacial score (nSPS) is 10.2. The maximum absolute atomic E-state index is 9.17. The zero-order valence-electron chi connectivity index (χ0n) is 22.2. The zero-order valence-corrected chi connectivity index (χ0v) is 23.9. The first-order valence-electron chi connectivity index (χ1n) is 10.9. The lowest BCUT2D eigenvalue weighted by Gasteiger charge is -2.27. The van der Waals surface area contributed by atoms with Crippen molar-refractivity contribution in [1.82, 2.24) is 9.80 Å². The molecule has 0 spiro atoms. The van der Waals surface area contributed by atoms with Crippen LogP contribution in [0.1, 0.15) is 19.3 Å². The summed E-state index contributed by atoms with van der Waals surface area (Å²) in [5, 5.41) is 18.3. The van der Waals surface area contributed by atoms with Gasteiger partial charge in [0.05, 0.1) is 34.5 Å². The molecule has 0 aromatic rings. The van der Waals surface area contributed by atoms with E-state index in [4.69, 9.17) is 14.0 Å². The molecule has 0 radical (unpaired) electrons. The molecule has 0 aliphatic rings. The molecular weight excluding hydrogens is 472 g/mol. The van der Waals surface area contributed by atoms with Gasteiger partial charge in [-0.1, -0.05) is 0 Å². The van der Waals surface area contributed by atoms with Crippen molar-refractivity contribution < 1.29 is 37.0 Å². The lowest BCUT2D eigenvalue weighted by Crippen LogP contribution is -2.38. The van der Waals surface area contributed by atoms with Gasteiger partial charge in [-0.3, -0.25) is 18.2 Å². The Kier molecular flexibility index (Phi) is 52.1. The van der Waals surface area contributed by atoms with E-state index >= 15 is 0 Å². The van der Waals surface area contributed by atoms with Crippen molar-refractivity contribution in [3.63, 3.8) is 0 Å². The van der Waals surface area contributed by atoms with E-state index in [1.807, 2.05) is 0 Å². The number of hydrogen-bond donors (Lipinski definition) is 2. The van der Waals surface area contributed by atoms with E-state index in [1.165, 1.54) is 12.0 Å². The van der Waals surface area contributed by atoms with Crippen molar-refractivity contribution in [1.29, 1.82) is 0 Å². The molecule has 0 aromatic heterocycles. The summed E-state index contributed by atoms with van der Waals surface area (Å²) in [6.45, 7) is 6.37. The van der Waals surface area contributed by atoms with Gasteiger partial charge in [0.15, 0.2) is 12.3 Å². The molecule has 0 aliphatic carbocycles. The van der Waals surface area contributed by atoms with Gasteiger partial charge in [-0.2, -0.15) is 0 Å². The Hall–Kier alpha value is 0.300. The number of rotatable bonds is 19. The molecule has 0 heterocycles. The third-order valence-electron chi connectivity index (χ3n) is 3.59. The third kappa shape index (κ3) is 46.3. The SMILES string of the molecule is COC.COC.COCCCCN(CCO)CCN(CCO)CCCSOC.COSOC. The van der Waals surface area contributed by atoms with E-state index in [0.29, 0.717) is 13.1 Å². The number of aliphatic hydroxyl groups is 2. The van der Waals surface area contributed by atoms with Crippen LogP contribution in [-0.2, 0) is 26.8 Å². The van der Waals surface area contributed by atoms with E-state index < -0.39 is 0 Å². The number of ether oxygens (including phenoxy) is 3. The Morgan fingerprint density at radius 1 is 0.576 bits per heavy atom. The van der Waals surface area contributed by atoms with E-state index in [2.05, 4.69) is 27.6 Å². The van der Waals surface area contributed by atoms with Gasteiger partial charge in [0.2, 0.25) is 0 Å². The highest BCUT2D eigenvalue weighted by Gasteiger charge is 2.09. The predicted molar refractivity (Wildman–Crippen MR) is 140 cm³/mol. The molecule has 0 amide bonds. The van der Waals surface area contributed by atoms with Crippen LogP contribution in [0, 0.1) is 0 Å². The van der Waals surface area contributed by atoms with Gasteiger partial charge in [0, 0.05) is 74.1 Å². The first kappa shape index (κ1) is 40.5. The van der Waals surface area contributed by atoms with Crippen molar-refractivity contribution in [3.8, 4) is 0 Å². The van der Waals surface area contributed by atoms with Crippen LogP contribution in [0.25, 0.3) is 0 Å². The van der Waals surface area contributed by atoms with E-state index in [9.17, 15) is 5.11 Å². The summed E-state index contributed by atoms with van der Waals surface area (Å²) >= 11 is 2.43. The lowest BCUT2D eigenvalue weighted by atomic mass is 10.3. The molecular formula is C21H52N2O8S2. The monoisotopic (exact) mass is 524 g/mol. The summed E-state index contributed by atoms with van der Waals surface area (Å²) in [5.74, 6) is 0.968. The summed E-state index contributed by atoms with van der Waals surface area (Å²) < 4.78 is 27.3. The Balaban J connectivity index is -0.000000317. The average Bonchev–Trinajstić information content (AvgIpc) is 2.79. The van der Waals surface area contributed by atoms with Gasteiger partial charge in [0.1, 0.15) is 0 Å². The third-order valence-corrected chi connectivity index (χ3v) is 4.56. The topological polar surface area (TPSA) is 102 Å². The lowest BCUT2D eigenvalue weighted by molar-refractivity contribution is 0.144. The van der Waals surface area contributed by atoms with E-state index in [0.717, 1.165) is 70.1 Å². The fourth-order valence-corrected chi connectivity index (χ4v) is 2.87. The van der Waals surface area contributed by atoms with Crippen LogP contribution in [0.15, 0.2) is 0 Å². The highest BCUT2D eigenvalue weighted by Crippen LogP contribution is 2.04. The first-order chi connectivity index (χ1) is 16.0. The van der Waals surface area contributed by atoms with Crippen molar-refractivity contribution in [3.05, 3.63) is 0 Å². The minimum absolute atomic E-state index is 0.186. The summed E-state index contributed by atoms with van der Waals surface area (Å²) in [5.41, 5.74) is 0. The highest BCUT2D eigenvalue weighted by atomic mass is 32.2. The Bertz CT molecular complexity index is 277. The fraction of sp³-hybridized carbons (Fsp3) is 1.00. The first-order valence-corrected chi connectivity index (χ1v) is 12.5. The van der Waals surface area contributed by atoms with Gasteiger partial charge in [-0.15, -0.1) is 0 Å². The Labute approximate surface area is 212 Å². The predicted octanol–water partition coefficient (Wildman–Crippen LogP) is 2.05. The number of hydrogen-bond acceptors (Lipinski definition) is 12. The molecule has 0 rings (SSSR count). The van der Waals surface area contributed by atoms with Crippen molar-refractivity contribution >= 4 is 24.4 Å². The zero-order chi connectivity index (χ0) is 26.0. The molecule has 0 bridgehead atoms. The Morgan fingerprint density at radius 3 is 1.36 bits per heavy atom. The summed E-state index contributed by atoms with van der Waals surface area (Å²) in [7, 11) is 13.0. The second-order valence-electron chi connectivity index (χ2n) is 6.39. The molecule has 0 atom stereocenters. The van der Waals surface area contributed by atoms with Crippen LogP contribution in [0.2, 0.25) is 0 Å². The molecule has 12 heteroatoms. The smallest absolute Gasteiger partial charge is 0.158 e. The summed E-state index contributed by atoms with van der Waals surface area (Å²) in [6.07, 6.45) is 3.18. The second-order valence-corrected chi connectivity index (χ2v) is 8.17. The quantitative estimate of drug-likeness (QED) is 0.191. The maximum Gasteiger partial charge on any atom is 0.158 e. The van der Waals surface area contributed by atoms with Gasteiger partial charge in [-0.05, 0) is 44.4 Å². The molecule has 0 saturated heterocycles. The van der Waals surface area contributed by atoms with Crippen LogP contribution in [0.5, 0.6) is 0 Å². The molecule has 10 nitrogen and oxygen atoms in total. The van der Waals surface area contributed by atoms with Crippen molar-refractivity contribution in [2.24, 2.45) is 0 Å². The van der Waals surface area contributed by atoms with E-state index in [1.54, 1.807) is 56.9 Å². The van der Waals surface area contributed by atoms with Crippen LogP contribution in [0.4, 0.5) is 0 Å². The number of methoxy groups -OCH3 is 3. The fourth-order valence-electron chi connectivity index (χ4n) is 2.32. The van der Waals surface area contributed by atoms with E-state index in [-0.39, 0.29) is 13.2 Å². The summed E-state index contributed by atoms with van der Waals surface area (Å²) in [6, 6.07) is 0. The van der Waals surface area contributed by atoms with Gasteiger partial charge in [0.25, 0.3) is 0 Å². The molecule has 206 valence electrons. The van der Waals surface area contributed by atoms with Crippen LogP contribution in [0.3, 0.4) is 0 Å².